The Bertz CT molecular complexity index is 383. The Morgan fingerprint density at radius 1 is 1.22 bits per heavy atom. The van der Waals surface area contributed by atoms with E-state index in [1.165, 1.54) is 12.5 Å². The zero-order valence-corrected chi connectivity index (χ0v) is 10.9. The van der Waals surface area contributed by atoms with E-state index in [0.717, 1.165) is 25.7 Å². The van der Waals surface area contributed by atoms with Crippen molar-refractivity contribution in [3.63, 3.8) is 0 Å². The van der Waals surface area contributed by atoms with Gasteiger partial charge >= 0.3 is 0 Å². The van der Waals surface area contributed by atoms with Gasteiger partial charge in [0.2, 0.25) is 0 Å². The second-order valence-electron chi connectivity index (χ2n) is 5.22. The predicted molar refractivity (Wildman–Crippen MR) is 70.8 cm³/mol. The Morgan fingerprint density at radius 2 is 1.94 bits per heavy atom. The topological polar surface area (TPSA) is 32.3 Å². The molecule has 3 unspecified atom stereocenters. The minimum Gasteiger partial charge on any atom is -0.392 e. The van der Waals surface area contributed by atoms with E-state index in [4.69, 9.17) is 0 Å². The highest BCUT2D eigenvalue weighted by atomic mass is 19.1. The van der Waals surface area contributed by atoms with Crippen LogP contribution >= 0.6 is 0 Å². The third-order valence-corrected chi connectivity index (χ3v) is 3.82. The van der Waals surface area contributed by atoms with Crippen LogP contribution in [0.5, 0.6) is 0 Å². The van der Waals surface area contributed by atoms with Crippen LogP contribution in [0.25, 0.3) is 0 Å². The van der Waals surface area contributed by atoms with Gasteiger partial charge in [-0.2, -0.15) is 0 Å². The molecule has 3 atom stereocenters. The molecule has 2 N–H and O–H groups in total. The van der Waals surface area contributed by atoms with Gasteiger partial charge < -0.3 is 10.4 Å². The van der Waals surface area contributed by atoms with Gasteiger partial charge in [-0.15, -0.1) is 0 Å². The summed E-state index contributed by atoms with van der Waals surface area (Å²) in [7, 11) is 0. The molecule has 0 bridgehead atoms. The summed E-state index contributed by atoms with van der Waals surface area (Å²) in [5.41, 5.74) is 0.675. The molecular formula is C15H22FNO. The Labute approximate surface area is 108 Å². The Kier molecular flexibility index (Phi) is 4.72. The van der Waals surface area contributed by atoms with Gasteiger partial charge in [0.25, 0.3) is 0 Å². The number of nitrogens with one attached hydrogen (secondary N) is 1. The van der Waals surface area contributed by atoms with E-state index in [2.05, 4.69) is 5.32 Å². The minimum absolute atomic E-state index is 0.0658. The highest BCUT2D eigenvalue weighted by Gasteiger charge is 2.23. The summed E-state index contributed by atoms with van der Waals surface area (Å²) in [6.07, 6.45) is 4.93. The van der Waals surface area contributed by atoms with Crippen molar-refractivity contribution in [1.29, 1.82) is 0 Å². The largest absolute Gasteiger partial charge is 0.392 e. The van der Waals surface area contributed by atoms with Crippen LogP contribution in [-0.4, -0.2) is 17.3 Å². The van der Waals surface area contributed by atoms with E-state index in [1.54, 1.807) is 12.1 Å². The first-order valence-corrected chi connectivity index (χ1v) is 6.87. The monoisotopic (exact) mass is 251 g/mol. The van der Waals surface area contributed by atoms with Crippen molar-refractivity contribution < 1.29 is 9.50 Å². The van der Waals surface area contributed by atoms with Crippen molar-refractivity contribution in [2.75, 3.05) is 0 Å². The normalized spacial score (nSPS) is 26.6. The summed E-state index contributed by atoms with van der Waals surface area (Å²) in [5, 5.41) is 13.4. The van der Waals surface area contributed by atoms with Gasteiger partial charge in [-0.25, -0.2) is 4.39 Å². The van der Waals surface area contributed by atoms with Gasteiger partial charge in [-0.1, -0.05) is 37.5 Å². The van der Waals surface area contributed by atoms with Gasteiger partial charge in [0, 0.05) is 17.6 Å². The van der Waals surface area contributed by atoms with E-state index in [-0.39, 0.29) is 24.0 Å². The molecule has 1 saturated carbocycles. The molecule has 1 aromatic rings. The fourth-order valence-electron chi connectivity index (χ4n) is 2.72. The lowest BCUT2D eigenvalue weighted by Gasteiger charge is -2.26. The molecule has 2 rings (SSSR count). The zero-order valence-electron chi connectivity index (χ0n) is 10.9. The van der Waals surface area contributed by atoms with E-state index in [0.29, 0.717) is 5.56 Å². The first-order valence-electron chi connectivity index (χ1n) is 6.87. The maximum atomic E-state index is 13.7. The average Bonchev–Trinajstić information content (AvgIpc) is 2.55. The summed E-state index contributed by atoms with van der Waals surface area (Å²) in [5.74, 6) is -0.180. The molecule has 0 aliphatic heterocycles. The first-order chi connectivity index (χ1) is 8.68. The fourth-order valence-corrected chi connectivity index (χ4v) is 2.72. The van der Waals surface area contributed by atoms with E-state index in [9.17, 15) is 9.50 Å². The van der Waals surface area contributed by atoms with Crippen molar-refractivity contribution in [2.24, 2.45) is 0 Å². The summed E-state index contributed by atoms with van der Waals surface area (Å²) in [6, 6.07) is 6.85. The number of halogens is 1. The maximum Gasteiger partial charge on any atom is 0.127 e. The number of aliphatic hydroxyl groups is 1. The third kappa shape index (κ3) is 3.30. The van der Waals surface area contributed by atoms with Crippen molar-refractivity contribution >= 4 is 0 Å². The molecular weight excluding hydrogens is 229 g/mol. The second kappa shape index (κ2) is 6.30. The predicted octanol–water partition coefficient (Wildman–Crippen LogP) is 3.17. The smallest absolute Gasteiger partial charge is 0.127 e. The second-order valence-corrected chi connectivity index (χ2v) is 5.22. The SMILES string of the molecule is CC(NC1CCCCCC1O)c1ccccc1F. The molecule has 1 aromatic carbocycles. The van der Waals surface area contributed by atoms with Crippen LogP contribution in [0.3, 0.4) is 0 Å². The molecule has 0 amide bonds. The van der Waals surface area contributed by atoms with E-state index >= 15 is 0 Å². The van der Waals surface area contributed by atoms with Gasteiger partial charge in [0.15, 0.2) is 0 Å². The van der Waals surface area contributed by atoms with Crippen molar-refractivity contribution in [3.8, 4) is 0 Å². The van der Waals surface area contributed by atoms with Crippen LogP contribution in [0.15, 0.2) is 24.3 Å². The molecule has 0 spiro atoms. The first kappa shape index (κ1) is 13.5. The number of hydrogen-bond acceptors (Lipinski definition) is 2. The fraction of sp³-hybridized carbons (Fsp3) is 0.600. The van der Waals surface area contributed by atoms with E-state index < -0.39 is 0 Å². The number of rotatable bonds is 3. The van der Waals surface area contributed by atoms with Crippen LogP contribution in [0, 0.1) is 5.82 Å². The Balaban J connectivity index is 2.02. The summed E-state index contributed by atoms with van der Waals surface area (Å²) in [6.45, 7) is 1.95. The third-order valence-electron chi connectivity index (χ3n) is 3.82. The molecule has 0 heterocycles. The molecule has 0 radical (unpaired) electrons. The molecule has 0 aromatic heterocycles. The van der Waals surface area contributed by atoms with Crippen LogP contribution in [0.4, 0.5) is 4.39 Å². The van der Waals surface area contributed by atoms with Gasteiger partial charge in [0.1, 0.15) is 5.82 Å². The van der Waals surface area contributed by atoms with Crippen LogP contribution in [0.2, 0.25) is 0 Å². The molecule has 1 fully saturated rings. The average molecular weight is 251 g/mol. The molecule has 18 heavy (non-hydrogen) atoms. The Hall–Kier alpha value is -0.930. The molecule has 2 nitrogen and oxygen atoms in total. The molecule has 1 aliphatic rings. The van der Waals surface area contributed by atoms with Crippen LogP contribution < -0.4 is 5.32 Å². The molecule has 100 valence electrons. The number of hydrogen-bond donors (Lipinski definition) is 2. The lowest BCUT2D eigenvalue weighted by atomic mass is 10.0. The lowest BCUT2D eigenvalue weighted by Crippen LogP contribution is -2.40. The summed E-state index contributed by atoms with van der Waals surface area (Å²) >= 11 is 0. The summed E-state index contributed by atoms with van der Waals surface area (Å²) in [4.78, 5) is 0. The highest BCUT2D eigenvalue weighted by molar-refractivity contribution is 5.20. The van der Waals surface area contributed by atoms with Gasteiger partial charge in [0.05, 0.1) is 6.10 Å². The standard InChI is InChI=1S/C15H22FNO/c1-11(12-7-5-6-8-13(12)16)17-14-9-3-2-4-10-15(14)18/h5-8,11,14-15,17-18H,2-4,9-10H2,1H3. The highest BCUT2D eigenvalue weighted by Crippen LogP contribution is 2.22. The zero-order chi connectivity index (χ0) is 13.0. The lowest BCUT2D eigenvalue weighted by molar-refractivity contribution is 0.114. The van der Waals surface area contributed by atoms with Gasteiger partial charge in [-0.05, 0) is 25.8 Å². The molecule has 1 aliphatic carbocycles. The van der Waals surface area contributed by atoms with Crippen molar-refractivity contribution in [3.05, 3.63) is 35.6 Å². The molecule has 0 saturated heterocycles. The van der Waals surface area contributed by atoms with Crippen molar-refractivity contribution in [1.82, 2.24) is 5.32 Å². The molecule has 3 heteroatoms. The number of benzene rings is 1. The van der Waals surface area contributed by atoms with E-state index in [1.807, 2.05) is 13.0 Å². The summed E-state index contributed by atoms with van der Waals surface area (Å²) < 4.78 is 13.7. The Morgan fingerprint density at radius 3 is 2.72 bits per heavy atom. The van der Waals surface area contributed by atoms with Gasteiger partial charge in [-0.3, -0.25) is 0 Å². The van der Waals surface area contributed by atoms with Crippen molar-refractivity contribution in [2.45, 2.75) is 57.2 Å². The van der Waals surface area contributed by atoms with Crippen LogP contribution in [0.1, 0.15) is 50.6 Å². The quantitative estimate of drug-likeness (QED) is 0.809. The van der Waals surface area contributed by atoms with Crippen LogP contribution in [-0.2, 0) is 0 Å². The number of aliphatic hydroxyl groups excluding tert-OH is 1. The maximum absolute atomic E-state index is 13.7. The minimum atomic E-state index is -0.304.